The molecule has 2 aliphatic heterocycles. The SMILES string of the molecule is CN(c1cccc2ncccc12)[C@H]1CCN(CC(=O)N2CCC[C@H]2C#N)C1. The molecule has 0 radical (unpaired) electrons. The Bertz CT molecular complexity index is 871. The van der Waals surface area contributed by atoms with Crippen LogP contribution in [0.3, 0.4) is 0 Å². The van der Waals surface area contributed by atoms with Crippen LogP contribution in [0.1, 0.15) is 19.3 Å². The first-order valence-corrected chi connectivity index (χ1v) is 9.65. The van der Waals surface area contributed by atoms with Crippen molar-refractivity contribution in [1.29, 1.82) is 5.26 Å². The third-order valence-electron chi connectivity index (χ3n) is 5.88. The van der Waals surface area contributed by atoms with Crippen molar-refractivity contribution in [2.45, 2.75) is 31.3 Å². The molecular formula is C21H25N5O. The van der Waals surface area contributed by atoms with E-state index in [4.69, 9.17) is 0 Å². The number of likely N-dealkylation sites (N-methyl/N-ethyl adjacent to an activating group) is 1. The van der Waals surface area contributed by atoms with E-state index in [1.54, 1.807) is 4.90 Å². The number of hydrogen-bond acceptors (Lipinski definition) is 5. The van der Waals surface area contributed by atoms with Crippen molar-refractivity contribution in [2.75, 3.05) is 38.1 Å². The average Bonchev–Trinajstić information content (AvgIpc) is 3.36. The van der Waals surface area contributed by atoms with Gasteiger partial charge in [-0.3, -0.25) is 14.7 Å². The molecule has 0 aliphatic carbocycles. The first-order valence-electron chi connectivity index (χ1n) is 9.65. The molecule has 1 amide bonds. The Labute approximate surface area is 160 Å². The van der Waals surface area contributed by atoms with E-state index < -0.39 is 0 Å². The van der Waals surface area contributed by atoms with Gasteiger partial charge in [0.05, 0.1) is 18.1 Å². The molecule has 3 heterocycles. The van der Waals surface area contributed by atoms with E-state index in [0.717, 1.165) is 49.8 Å². The zero-order valence-corrected chi connectivity index (χ0v) is 15.7. The minimum atomic E-state index is -0.234. The average molecular weight is 363 g/mol. The predicted octanol–water partition coefficient (Wildman–Crippen LogP) is 2.26. The van der Waals surface area contributed by atoms with E-state index in [-0.39, 0.29) is 11.9 Å². The van der Waals surface area contributed by atoms with Crippen LogP contribution in [-0.4, -0.2) is 66.0 Å². The Hall–Kier alpha value is -2.65. The Morgan fingerprint density at radius 1 is 1.30 bits per heavy atom. The molecule has 0 saturated carbocycles. The van der Waals surface area contributed by atoms with Crippen molar-refractivity contribution < 1.29 is 4.79 Å². The van der Waals surface area contributed by atoms with E-state index in [2.05, 4.69) is 40.0 Å². The summed E-state index contributed by atoms with van der Waals surface area (Å²) in [5, 5.41) is 10.4. The van der Waals surface area contributed by atoms with Crippen molar-refractivity contribution in [1.82, 2.24) is 14.8 Å². The van der Waals surface area contributed by atoms with Gasteiger partial charge in [-0.25, -0.2) is 0 Å². The van der Waals surface area contributed by atoms with Crippen LogP contribution in [0.4, 0.5) is 5.69 Å². The molecule has 2 saturated heterocycles. The lowest BCUT2D eigenvalue weighted by Gasteiger charge is -2.28. The maximum absolute atomic E-state index is 12.6. The van der Waals surface area contributed by atoms with Gasteiger partial charge in [0.15, 0.2) is 0 Å². The third kappa shape index (κ3) is 3.47. The molecule has 4 rings (SSSR count). The second-order valence-electron chi connectivity index (χ2n) is 7.51. The van der Waals surface area contributed by atoms with Crippen LogP contribution in [0.5, 0.6) is 0 Å². The van der Waals surface area contributed by atoms with Crippen LogP contribution in [0.25, 0.3) is 10.9 Å². The molecular weight excluding hydrogens is 338 g/mol. The Kier molecular flexibility index (Phi) is 4.95. The highest BCUT2D eigenvalue weighted by Crippen LogP contribution is 2.28. The number of carbonyl (C=O) groups excluding carboxylic acids is 1. The maximum Gasteiger partial charge on any atom is 0.237 e. The van der Waals surface area contributed by atoms with Gasteiger partial charge >= 0.3 is 0 Å². The number of anilines is 1. The van der Waals surface area contributed by atoms with Gasteiger partial charge in [0.25, 0.3) is 0 Å². The van der Waals surface area contributed by atoms with E-state index in [1.165, 1.54) is 5.69 Å². The molecule has 0 spiro atoms. The van der Waals surface area contributed by atoms with Crippen LogP contribution in [0.2, 0.25) is 0 Å². The Morgan fingerprint density at radius 3 is 3.04 bits per heavy atom. The summed E-state index contributed by atoms with van der Waals surface area (Å²) in [6.45, 7) is 2.91. The second-order valence-corrected chi connectivity index (χ2v) is 7.51. The molecule has 2 fully saturated rings. The van der Waals surface area contributed by atoms with Gasteiger partial charge in [-0.2, -0.15) is 5.26 Å². The Morgan fingerprint density at radius 2 is 2.19 bits per heavy atom. The molecule has 2 aliphatic rings. The van der Waals surface area contributed by atoms with Gasteiger partial charge < -0.3 is 9.80 Å². The second kappa shape index (κ2) is 7.53. The summed E-state index contributed by atoms with van der Waals surface area (Å²) in [5.74, 6) is 0.0942. The first-order chi connectivity index (χ1) is 13.2. The number of rotatable bonds is 4. The molecule has 6 nitrogen and oxygen atoms in total. The minimum Gasteiger partial charge on any atom is -0.370 e. The Balaban J connectivity index is 1.42. The summed E-state index contributed by atoms with van der Waals surface area (Å²) in [4.78, 5) is 23.4. The minimum absolute atomic E-state index is 0.0942. The van der Waals surface area contributed by atoms with E-state index >= 15 is 0 Å². The number of pyridine rings is 1. The van der Waals surface area contributed by atoms with E-state index in [9.17, 15) is 10.1 Å². The highest BCUT2D eigenvalue weighted by molar-refractivity contribution is 5.91. The van der Waals surface area contributed by atoms with E-state index in [1.807, 2.05) is 24.4 Å². The highest BCUT2D eigenvalue weighted by atomic mass is 16.2. The normalized spacial score (nSPS) is 22.9. The number of benzene rings is 1. The fourth-order valence-electron chi connectivity index (χ4n) is 4.34. The molecule has 6 heteroatoms. The summed E-state index contributed by atoms with van der Waals surface area (Å²) in [6, 6.07) is 12.7. The predicted molar refractivity (Wildman–Crippen MR) is 105 cm³/mol. The van der Waals surface area contributed by atoms with Gasteiger partial charge in [0, 0.05) is 50.0 Å². The zero-order valence-electron chi connectivity index (χ0n) is 15.7. The van der Waals surface area contributed by atoms with Gasteiger partial charge in [0.2, 0.25) is 5.91 Å². The molecule has 0 bridgehead atoms. The van der Waals surface area contributed by atoms with Gasteiger partial charge in [-0.05, 0) is 43.5 Å². The molecule has 2 atom stereocenters. The lowest BCUT2D eigenvalue weighted by atomic mass is 10.1. The number of fused-ring (bicyclic) bond motifs is 1. The lowest BCUT2D eigenvalue weighted by Crippen LogP contribution is -2.42. The molecule has 0 N–H and O–H groups in total. The monoisotopic (exact) mass is 363 g/mol. The van der Waals surface area contributed by atoms with Crippen LogP contribution in [-0.2, 0) is 4.79 Å². The molecule has 2 aromatic rings. The standard InChI is InChI=1S/C21H25N5O/c1-24(20-8-2-7-19-18(20)6-3-10-23-19)17-9-12-25(14-17)15-21(27)26-11-4-5-16(26)13-22/h2-3,6-8,10,16-17H,4-5,9,11-12,14-15H2,1H3/t16-,17-/m0/s1. The van der Waals surface area contributed by atoms with Crippen molar-refractivity contribution in [2.24, 2.45) is 0 Å². The third-order valence-corrected chi connectivity index (χ3v) is 5.88. The van der Waals surface area contributed by atoms with Crippen LogP contribution in [0, 0.1) is 11.3 Å². The van der Waals surface area contributed by atoms with Crippen molar-refractivity contribution in [3.8, 4) is 6.07 Å². The summed E-state index contributed by atoms with van der Waals surface area (Å²) < 4.78 is 0. The van der Waals surface area contributed by atoms with Gasteiger partial charge in [-0.1, -0.05) is 6.07 Å². The molecule has 1 aromatic heterocycles. The summed E-state index contributed by atoms with van der Waals surface area (Å²) in [5.41, 5.74) is 2.19. The van der Waals surface area contributed by atoms with Crippen LogP contribution in [0.15, 0.2) is 36.5 Å². The first kappa shape index (κ1) is 17.7. The molecule has 27 heavy (non-hydrogen) atoms. The quantitative estimate of drug-likeness (QED) is 0.834. The fraction of sp³-hybridized carbons (Fsp3) is 0.476. The topological polar surface area (TPSA) is 63.5 Å². The van der Waals surface area contributed by atoms with Crippen LogP contribution < -0.4 is 4.90 Å². The largest absolute Gasteiger partial charge is 0.370 e. The van der Waals surface area contributed by atoms with Gasteiger partial charge in [-0.15, -0.1) is 0 Å². The number of hydrogen-bond donors (Lipinski definition) is 0. The smallest absolute Gasteiger partial charge is 0.237 e. The summed E-state index contributed by atoms with van der Waals surface area (Å²) >= 11 is 0. The van der Waals surface area contributed by atoms with Crippen LogP contribution >= 0.6 is 0 Å². The van der Waals surface area contributed by atoms with Crippen molar-refractivity contribution >= 4 is 22.5 Å². The molecule has 140 valence electrons. The number of nitriles is 1. The fourth-order valence-corrected chi connectivity index (χ4v) is 4.34. The molecule has 0 unspecified atom stereocenters. The number of aromatic nitrogens is 1. The summed E-state index contributed by atoms with van der Waals surface area (Å²) in [7, 11) is 2.13. The zero-order chi connectivity index (χ0) is 18.8. The number of amides is 1. The maximum atomic E-state index is 12.6. The number of likely N-dealkylation sites (tertiary alicyclic amines) is 2. The van der Waals surface area contributed by atoms with Crippen molar-refractivity contribution in [3.05, 3.63) is 36.5 Å². The number of nitrogens with zero attached hydrogens (tertiary/aromatic N) is 5. The number of carbonyl (C=O) groups is 1. The summed E-state index contributed by atoms with van der Waals surface area (Å²) in [6.07, 6.45) is 4.59. The van der Waals surface area contributed by atoms with Gasteiger partial charge in [0.1, 0.15) is 6.04 Å². The van der Waals surface area contributed by atoms with E-state index in [0.29, 0.717) is 12.6 Å². The highest BCUT2D eigenvalue weighted by Gasteiger charge is 2.32. The van der Waals surface area contributed by atoms with Crippen molar-refractivity contribution in [3.63, 3.8) is 0 Å². The molecule has 1 aromatic carbocycles. The lowest BCUT2D eigenvalue weighted by molar-refractivity contribution is -0.132.